The van der Waals surface area contributed by atoms with Crippen LogP contribution in [0.4, 0.5) is 5.95 Å². The molecule has 2 atom stereocenters. The molecule has 2 fully saturated rings. The van der Waals surface area contributed by atoms with Crippen LogP contribution >= 0.6 is 0 Å². The third kappa shape index (κ3) is 7.32. The number of fused-ring (bicyclic) bond motifs is 3. The van der Waals surface area contributed by atoms with Crippen LogP contribution in [0.15, 0.2) is 42.7 Å². The first-order valence-electron chi connectivity index (χ1n) is 15.2. The molecule has 1 aromatic heterocycles. The van der Waals surface area contributed by atoms with Crippen molar-refractivity contribution in [3.8, 4) is 0 Å². The molecule has 0 bridgehead atoms. The van der Waals surface area contributed by atoms with Crippen molar-refractivity contribution in [3.63, 3.8) is 0 Å². The Morgan fingerprint density at radius 3 is 2.32 bits per heavy atom. The molecule has 2 saturated heterocycles. The topological polar surface area (TPSA) is 64.6 Å². The number of hydrogen-bond acceptors (Lipinski definition) is 6. The van der Waals surface area contributed by atoms with Crippen molar-refractivity contribution in [1.82, 2.24) is 25.3 Å². The number of piperazine rings is 1. The Bertz CT molecular complexity index is 993. The molecule has 7 nitrogen and oxygen atoms in total. The molecule has 0 spiro atoms. The van der Waals surface area contributed by atoms with E-state index >= 15 is 0 Å². The highest BCUT2D eigenvalue weighted by Gasteiger charge is 2.33. The van der Waals surface area contributed by atoms with Gasteiger partial charge >= 0.3 is 0 Å². The highest BCUT2D eigenvalue weighted by Crippen LogP contribution is 2.38. The lowest BCUT2D eigenvalue weighted by Crippen LogP contribution is -2.50. The molecule has 1 amide bonds. The number of anilines is 1. The van der Waals surface area contributed by atoms with Crippen LogP contribution in [0.2, 0.25) is 0 Å². The predicted molar refractivity (Wildman–Crippen MR) is 153 cm³/mol. The maximum atomic E-state index is 12.6. The average Bonchev–Trinajstić information content (AvgIpc) is 2.98. The lowest BCUT2D eigenvalue weighted by atomic mass is 9.77. The lowest BCUT2D eigenvalue weighted by molar-refractivity contribution is -0.131. The molecule has 1 aromatic carbocycles. The highest BCUT2D eigenvalue weighted by atomic mass is 16.2. The van der Waals surface area contributed by atoms with Gasteiger partial charge in [-0.2, -0.15) is 0 Å². The van der Waals surface area contributed by atoms with Crippen molar-refractivity contribution >= 4 is 11.9 Å². The summed E-state index contributed by atoms with van der Waals surface area (Å²) >= 11 is 0. The zero-order valence-electron chi connectivity index (χ0n) is 23.1. The van der Waals surface area contributed by atoms with E-state index < -0.39 is 0 Å². The van der Waals surface area contributed by atoms with Crippen LogP contribution in [-0.2, 0) is 11.2 Å². The number of nitrogens with zero attached hydrogens (tertiary/aromatic N) is 5. The molecule has 7 heteroatoms. The number of aryl methyl sites for hydroxylation is 1. The fourth-order valence-electron chi connectivity index (χ4n) is 6.48. The summed E-state index contributed by atoms with van der Waals surface area (Å²) in [6, 6.07) is 11.4. The van der Waals surface area contributed by atoms with Gasteiger partial charge < -0.3 is 9.80 Å². The number of unbranched alkanes of at least 4 members (excludes halogenated alkanes) is 7. The van der Waals surface area contributed by atoms with Crippen molar-refractivity contribution in [3.05, 3.63) is 53.9 Å². The molecule has 2 unspecified atom stereocenters. The Balaban J connectivity index is 0.864. The van der Waals surface area contributed by atoms with Crippen molar-refractivity contribution in [2.45, 2.75) is 83.1 Å². The van der Waals surface area contributed by atoms with Crippen molar-refractivity contribution in [2.75, 3.05) is 44.2 Å². The molecule has 1 N–H and O–H groups in total. The lowest BCUT2D eigenvalue weighted by Gasteiger charge is -2.43. The number of nitrogens with one attached hydrogen (secondary N) is 1. The van der Waals surface area contributed by atoms with Gasteiger partial charge in [-0.25, -0.2) is 20.4 Å². The quantitative estimate of drug-likeness (QED) is 0.392. The molecule has 2 aliphatic heterocycles. The first-order valence-corrected chi connectivity index (χ1v) is 15.2. The van der Waals surface area contributed by atoms with Crippen molar-refractivity contribution in [1.29, 1.82) is 0 Å². The van der Waals surface area contributed by atoms with Crippen LogP contribution in [0.1, 0.15) is 87.8 Å². The van der Waals surface area contributed by atoms with Crippen molar-refractivity contribution < 1.29 is 4.79 Å². The molecule has 38 heavy (non-hydrogen) atoms. The molecule has 2 aromatic rings. The molecular formula is C31H46N6O. The maximum absolute atomic E-state index is 12.6. The third-order valence-corrected chi connectivity index (χ3v) is 8.77. The summed E-state index contributed by atoms with van der Waals surface area (Å²) in [7, 11) is 0. The smallest absolute Gasteiger partial charge is 0.225 e. The molecule has 3 aliphatic rings. The number of amides is 1. The van der Waals surface area contributed by atoms with Crippen LogP contribution in [0.3, 0.4) is 0 Å². The largest absolute Gasteiger partial charge is 0.339 e. The van der Waals surface area contributed by atoms with E-state index in [0.717, 1.165) is 44.5 Å². The third-order valence-electron chi connectivity index (χ3n) is 8.77. The average molecular weight is 519 g/mol. The Morgan fingerprint density at radius 2 is 1.53 bits per heavy atom. The van der Waals surface area contributed by atoms with Crippen molar-refractivity contribution in [2.24, 2.45) is 5.92 Å². The van der Waals surface area contributed by atoms with Gasteiger partial charge in [0.05, 0.1) is 0 Å². The first-order chi connectivity index (χ1) is 18.8. The number of carbonyl (C=O) groups is 1. The molecule has 3 heterocycles. The number of benzene rings is 1. The van der Waals surface area contributed by atoms with Gasteiger partial charge in [-0.05, 0) is 55.2 Å². The van der Waals surface area contributed by atoms with E-state index in [4.69, 9.17) is 0 Å². The van der Waals surface area contributed by atoms with Gasteiger partial charge in [-0.15, -0.1) is 0 Å². The second-order valence-corrected chi connectivity index (χ2v) is 11.4. The number of rotatable bonds is 12. The zero-order valence-corrected chi connectivity index (χ0v) is 23.1. The van der Waals surface area contributed by atoms with Crippen LogP contribution in [-0.4, -0.2) is 65.1 Å². The number of aromatic nitrogens is 2. The second kappa shape index (κ2) is 14.0. The second-order valence-electron chi connectivity index (χ2n) is 11.4. The van der Waals surface area contributed by atoms with E-state index in [1.165, 1.54) is 82.9 Å². The number of hydrogen-bond donors (Lipinski definition) is 1. The molecule has 5 rings (SSSR count). The van der Waals surface area contributed by atoms with Gasteiger partial charge in [0, 0.05) is 64.1 Å². The summed E-state index contributed by atoms with van der Waals surface area (Å²) in [6.45, 7) is 5.55. The molecule has 0 radical (unpaired) electrons. The number of hydrazine groups is 1. The Morgan fingerprint density at radius 1 is 0.816 bits per heavy atom. The van der Waals surface area contributed by atoms with Gasteiger partial charge in [-0.1, -0.05) is 62.8 Å². The maximum Gasteiger partial charge on any atom is 0.225 e. The van der Waals surface area contributed by atoms with E-state index in [9.17, 15) is 4.79 Å². The van der Waals surface area contributed by atoms with Crippen LogP contribution in [0.25, 0.3) is 0 Å². The first kappa shape index (κ1) is 27.1. The fourth-order valence-corrected chi connectivity index (χ4v) is 6.48. The SMILES string of the molecule is O=C(CCCCCCCCCCN1CCC2CCc3ccccc3C2N1)N1CCN(c2ncccn2)CC1. The van der Waals surface area contributed by atoms with Gasteiger partial charge in [0.25, 0.3) is 0 Å². The molecule has 0 saturated carbocycles. The molecule has 206 valence electrons. The minimum Gasteiger partial charge on any atom is -0.339 e. The minimum absolute atomic E-state index is 0.313. The van der Waals surface area contributed by atoms with E-state index in [1.54, 1.807) is 18.0 Å². The van der Waals surface area contributed by atoms with Crippen LogP contribution in [0.5, 0.6) is 0 Å². The molecule has 1 aliphatic carbocycles. The minimum atomic E-state index is 0.313. The highest BCUT2D eigenvalue weighted by molar-refractivity contribution is 5.76. The summed E-state index contributed by atoms with van der Waals surface area (Å²) < 4.78 is 0. The van der Waals surface area contributed by atoms with E-state index in [0.29, 0.717) is 18.4 Å². The van der Waals surface area contributed by atoms with Crippen LogP contribution in [0, 0.1) is 5.92 Å². The Labute approximate surface area is 229 Å². The Kier molecular flexibility index (Phi) is 10.0. The standard InChI is InChI=1S/C31H46N6O/c38-29(35-22-24-36(25-23-35)31-32-18-11-19-33-31)14-7-5-3-1-2-4-6-10-20-37-21-17-27-16-15-26-12-8-9-13-28(26)30(27)34-37/h8-9,11-13,18-19,27,30,34H,1-7,10,14-17,20-25H2. The fraction of sp³-hybridized carbons (Fsp3) is 0.645. The normalized spacial score (nSPS) is 21.7. The summed E-state index contributed by atoms with van der Waals surface area (Å²) in [5.74, 6) is 1.89. The Hall–Kier alpha value is -2.51. The van der Waals surface area contributed by atoms with E-state index in [1.807, 2.05) is 11.0 Å². The summed E-state index contributed by atoms with van der Waals surface area (Å²) in [5, 5.41) is 2.50. The summed E-state index contributed by atoms with van der Waals surface area (Å²) in [5.41, 5.74) is 6.96. The number of carbonyl (C=O) groups excluding carboxylic acids is 1. The molecular weight excluding hydrogens is 472 g/mol. The van der Waals surface area contributed by atoms with Gasteiger partial charge in [0.15, 0.2) is 0 Å². The van der Waals surface area contributed by atoms with E-state index in [-0.39, 0.29) is 0 Å². The zero-order chi connectivity index (χ0) is 26.0. The van der Waals surface area contributed by atoms with Gasteiger partial charge in [-0.3, -0.25) is 4.79 Å². The summed E-state index contributed by atoms with van der Waals surface area (Å²) in [4.78, 5) is 25.4. The van der Waals surface area contributed by atoms with Crippen LogP contribution < -0.4 is 10.3 Å². The van der Waals surface area contributed by atoms with Gasteiger partial charge in [0.1, 0.15) is 0 Å². The monoisotopic (exact) mass is 518 g/mol. The summed E-state index contributed by atoms with van der Waals surface area (Å²) in [6.07, 6.45) is 18.1. The van der Waals surface area contributed by atoms with E-state index in [2.05, 4.69) is 49.6 Å². The predicted octanol–water partition coefficient (Wildman–Crippen LogP) is 5.15. The van der Waals surface area contributed by atoms with Gasteiger partial charge in [0.2, 0.25) is 11.9 Å².